The smallest absolute Gasteiger partial charge is 0.328 e. The number of ether oxygens (including phenoxy) is 3. The minimum atomic E-state index is -0.342. The van der Waals surface area contributed by atoms with Gasteiger partial charge in [-0.3, -0.25) is 0 Å². The molecule has 28 heavy (non-hydrogen) atoms. The van der Waals surface area contributed by atoms with Crippen LogP contribution >= 0.6 is 0 Å². The van der Waals surface area contributed by atoms with Gasteiger partial charge in [-0.1, -0.05) is 6.92 Å². The maximum atomic E-state index is 12.5. The lowest BCUT2D eigenvalue weighted by Gasteiger charge is -2.33. The minimum absolute atomic E-state index is 0.201. The van der Waals surface area contributed by atoms with Gasteiger partial charge in [-0.25, -0.2) is 14.8 Å². The first kappa shape index (κ1) is 19.9. The first-order chi connectivity index (χ1) is 13.8. The normalized spacial score (nSPS) is 16.5. The number of nitrogens with zero attached hydrogens (tertiary/aromatic N) is 3. The highest BCUT2D eigenvalue weighted by Crippen LogP contribution is 2.22. The number of rotatable bonds is 9. The van der Waals surface area contributed by atoms with Crippen LogP contribution in [-0.2, 0) is 9.53 Å². The van der Waals surface area contributed by atoms with Gasteiger partial charge in [0.1, 0.15) is 30.8 Å². The Labute approximate surface area is 165 Å². The van der Waals surface area contributed by atoms with Crippen LogP contribution in [-0.4, -0.2) is 48.3 Å². The zero-order chi connectivity index (χ0) is 19.6. The second kappa shape index (κ2) is 10.5. The summed E-state index contributed by atoms with van der Waals surface area (Å²) in [5.41, 5.74) is 0. The summed E-state index contributed by atoms with van der Waals surface area (Å²) >= 11 is 0. The molecular weight excluding hydrogens is 358 g/mol. The number of carbonyl (C=O) groups excluding carboxylic acids is 1. The van der Waals surface area contributed by atoms with Crippen molar-refractivity contribution in [3.05, 3.63) is 42.7 Å². The number of piperidine rings is 1. The second-order valence-electron chi connectivity index (χ2n) is 6.59. The highest BCUT2D eigenvalue weighted by Gasteiger charge is 2.31. The van der Waals surface area contributed by atoms with Gasteiger partial charge in [0.05, 0.1) is 6.61 Å². The van der Waals surface area contributed by atoms with E-state index in [9.17, 15) is 4.79 Å². The van der Waals surface area contributed by atoms with Crippen LogP contribution in [0.2, 0.25) is 0 Å². The fourth-order valence-electron chi connectivity index (χ4n) is 3.11. The maximum absolute atomic E-state index is 12.5. The number of carbonyl (C=O) groups is 1. The standard InChI is InChI=1S/C21H27N3O4/c1-2-14-26-17-7-9-18(10-8-17)27-15-16-28-20(25)19-6-3-4-13-24(19)21-22-11-5-12-23-21/h5,7-12,19H,2-4,6,13-16H2,1H3. The van der Waals surface area contributed by atoms with Gasteiger partial charge in [0.2, 0.25) is 5.95 Å². The van der Waals surface area contributed by atoms with Crippen molar-refractivity contribution in [1.82, 2.24) is 9.97 Å². The predicted molar refractivity (Wildman–Crippen MR) is 106 cm³/mol. The number of benzene rings is 1. The molecule has 0 bridgehead atoms. The molecule has 7 nitrogen and oxygen atoms in total. The summed E-state index contributed by atoms with van der Waals surface area (Å²) in [5.74, 6) is 1.86. The Balaban J connectivity index is 1.44. The molecule has 0 N–H and O–H groups in total. The molecule has 0 amide bonds. The molecule has 3 rings (SSSR count). The van der Waals surface area contributed by atoms with Crippen LogP contribution in [0.4, 0.5) is 5.95 Å². The van der Waals surface area contributed by atoms with E-state index in [0.717, 1.165) is 43.7 Å². The molecule has 0 aliphatic carbocycles. The van der Waals surface area contributed by atoms with Crippen LogP contribution < -0.4 is 14.4 Å². The van der Waals surface area contributed by atoms with E-state index in [1.807, 2.05) is 29.2 Å². The van der Waals surface area contributed by atoms with Crippen LogP contribution in [0, 0.1) is 0 Å². The number of hydrogen-bond acceptors (Lipinski definition) is 7. The Kier molecular flexibility index (Phi) is 7.46. The fraction of sp³-hybridized carbons (Fsp3) is 0.476. The third-order valence-electron chi connectivity index (χ3n) is 4.48. The molecule has 1 unspecified atom stereocenters. The highest BCUT2D eigenvalue weighted by atomic mass is 16.6. The van der Waals surface area contributed by atoms with Crippen LogP contribution in [0.3, 0.4) is 0 Å². The molecule has 150 valence electrons. The number of hydrogen-bond donors (Lipinski definition) is 0. The van der Waals surface area contributed by atoms with Gasteiger partial charge in [-0.15, -0.1) is 0 Å². The lowest BCUT2D eigenvalue weighted by Crippen LogP contribution is -2.46. The molecular formula is C21H27N3O4. The van der Waals surface area contributed by atoms with Gasteiger partial charge in [0.25, 0.3) is 0 Å². The van der Waals surface area contributed by atoms with Crippen molar-refractivity contribution in [3.8, 4) is 11.5 Å². The van der Waals surface area contributed by atoms with E-state index < -0.39 is 0 Å². The van der Waals surface area contributed by atoms with Crippen molar-refractivity contribution < 1.29 is 19.0 Å². The third-order valence-corrected chi connectivity index (χ3v) is 4.48. The summed E-state index contributed by atoms with van der Waals surface area (Å²) in [7, 11) is 0. The van der Waals surface area contributed by atoms with Crippen molar-refractivity contribution in [2.24, 2.45) is 0 Å². The van der Waals surface area contributed by atoms with Crippen molar-refractivity contribution in [2.45, 2.75) is 38.6 Å². The molecule has 0 spiro atoms. The largest absolute Gasteiger partial charge is 0.494 e. The van der Waals surface area contributed by atoms with Crippen molar-refractivity contribution in [3.63, 3.8) is 0 Å². The van der Waals surface area contributed by atoms with Crippen molar-refractivity contribution in [2.75, 3.05) is 31.3 Å². The van der Waals surface area contributed by atoms with Crippen molar-refractivity contribution >= 4 is 11.9 Å². The second-order valence-corrected chi connectivity index (χ2v) is 6.59. The Morgan fingerprint density at radius 3 is 2.39 bits per heavy atom. The molecule has 1 fully saturated rings. The lowest BCUT2D eigenvalue weighted by atomic mass is 10.0. The SMILES string of the molecule is CCCOc1ccc(OCCOC(=O)C2CCCCN2c2ncccn2)cc1. The Morgan fingerprint density at radius 2 is 1.71 bits per heavy atom. The molecule has 1 aromatic heterocycles. The topological polar surface area (TPSA) is 73.8 Å². The summed E-state index contributed by atoms with van der Waals surface area (Å²) in [6.07, 6.45) is 7.10. The number of anilines is 1. The zero-order valence-electron chi connectivity index (χ0n) is 16.3. The molecule has 1 aliphatic rings. The molecule has 0 saturated carbocycles. The Bertz CT molecular complexity index is 724. The minimum Gasteiger partial charge on any atom is -0.494 e. The summed E-state index contributed by atoms with van der Waals surface area (Å²) in [6, 6.07) is 8.87. The molecule has 7 heteroatoms. The number of aromatic nitrogens is 2. The average molecular weight is 385 g/mol. The van der Waals surface area contributed by atoms with Gasteiger partial charge in [-0.2, -0.15) is 0 Å². The first-order valence-corrected chi connectivity index (χ1v) is 9.84. The molecule has 2 aromatic rings. The van der Waals surface area contributed by atoms with Crippen LogP contribution in [0.25, 0.3) is 0 Å². The van der Waals surface area contributed by atoms with E-state index in [-0.39, 0.29) is 18.6 Å². The first-order valence-electron chi connectivity index (χ1n) is 9.84. The van der Waals surface area contributed by atoms with E-state index >= 15 is 0 Å². The van der Waals surface area contributed by atoms with Gasteiger partial charge >= 0.3 is 5.97 Å². The predicted octanol–water partition coefficient (Wildman–Crippen LogP) is 3.25. The van der Waals surface area contributed by atoms with Gasteiger partial charge in [0.15, 0.2) is 0 Å². The number of esters is 1. The molecule has 1 aliphatic heterocycles. The quantitative estimate of drug-likeness (QED) is 0.484. The average Bonchev–Trinajstić information content (AvgIpc) is 2.76. The summed E-state index contributed by atoms with van der Waals surface area (Å²) in [6.45, 7) is 4.02. The molecule has 1 saturated heterocycles. The molecule has 0 radical (unpaired) electrons. The monoisotopic (exact) mass is 385 g/mol. The fourth-order valence-corrected chi connectivity index (χ4v) is 3.11. The Hall–Kier alpha value is -2.83. The van der Waals surface area contributed by atoms with Gasteiger partial charge < -0.3 is 19.1 Å². The van der Waals surface area contributed by atoms with Gasteiger partial charge in [-0.05, 0) is 56.0 Å². The van der Waals surface area contributed by atoms with Gasteiger partial charge in [0, 0.05) is 18.9 Å². The van der Waals surface area contributed by atoms with Crippen LogP contribution in [0.5, 0.6) is 11.5 Å². The van der Waals surface area contributed by atoms with Crippen LogP contribution in [0.1, 0.15) is 32.6 Å². The van der Waals surface area contributed by atoms with E-state index in [4.69, 9.17) is 14.2 Å². The Morgan fingerprint density at radius 1 is 1.04 bits per heavy atom. The summed E-state index contributed by atoms with van der Waals surface area (Å²) in [5, 5.41) is 0. The van der Waals surface area contributed by atoms with E-state index in [1.54, 1.807) is 18.5 Å². The highest BCUT2D eigenvalue weighted by molar-refractivity contribution is 5.79. The molecule has 1 atom stereocenters. The summed E-state index contributed by atoms with van der Waals surface area (Å²) < 4.78 is 16.6. The maximum Gasteiger partial charge on any atom is 0.328 e. The van der Waals surface area contributed by atoms with E-state index in [0.29, 0.717) is 19.2 Å². The third kappa shape index (κ3) is 5.58. The lowest BCUT2D eigenvalue weighted by molar-refractivity contribution is -0.146. The molecule has 1 aromatic carbocycles. The van der Waals surface area contributed by atoms with Crippen molar-refractivity contribution in [1.29, 1.82) is 0 Å². The van der Waals surface area contributed by atoms with Crippen LogP contribution in [0.15, 0.2) is 42.7 Å². The zero-order valence-corrected chi connectivity index (χ0v) is 16.3. The van der Waals surface area contributed by atoms with E-state index in [1.165, 1.54) is 0 Å². The summed E-state index contributed by atoms with van der Waals surface area (Å²) in [4.78, 5) is 23.0. The van der Waals surface area contributed by atoms with E-state index in [2.05, 4.69) is 16.9 Å². The molecule has 2 heterocycles.